The molecule has 0 aliphatic heterocycles. The number of unbranched alkanes of at least 4 members (excludes halogenated alkanes) is 1. The molecule has 0 spiro atoms. The van der Waals surface area contributed by atoms with Gasteiger partial charge in [-0.15, -0.1) is 0 Å². The van der Waals surface area contributed by atoms with Crippen LogP contribution in [0.3, 0.4) is 0 Å². The normalized spacial score (nSPS) is 33.1. The zero-order valence-corrected chi connectivity index (χ0v) is 9.19. The Kier molecular flexibility index (Phi) is 3.16. The van der Waals surface area contributed by atoms with E-state index in [1.165, 1.54) is 0 Å². The summed E-state index contributed by atoms with van der Waals surface area (Å²) in [4.78, 5) is 11.7. The molecule has 2 nitrogen and oxygen atoms in total. The summed E-state index contributed by atoms with van der Waals surface area (Å²) in [6, 6.07) is 0. The lowest BCUT2D eigenvalue weighted by atomic mass is 10.1. The molecule has 12 heavy (non-hydrogen) atoms. The second-order valence-corrected chi connectivity index (χ2v) is 4.68. The van der Waals surface area contributed by atoms with E-state index in [-0.39, 0.29) is 11.4 Å². The van der Waals surface area contributed by atoms with Gasteiger partial charge < -0.3 is 4.74 Å². The monoisotopic (exact) mass is 234 g/mol. The van der Waals surface area contributed by atoms with E-state index < -0.39 is 0 Å². The van der Waals surface area contributed by atoms with E-state index in [4.69, 9.17) is 4.74 Å². The van der Waals surface area contributed by atoms with Crippen LogP contribution in [-0.2, 0) is 9.53 Å². The molecule has 1 aliphatic rings. The molecule has 0 saturated heterocycles. The maximum absolute atomic E-state index is 11.4. The first-order chi connectivity index (χ1) is 5.61. The predicted molar refractivity (Wildman–Crippen MR) is 51.3 cm³/mol. The third-order valence-corrected chi connectivity index (χ3v) is 3.67. The number of rotatable bonds is 4. The van der Waals surface area contributed by atoms with Crippen LogP contribution in [0, 0.1) is 5.41 Å². The molecule has 0 amide bonds. The van der Waals surface area contributed by atoms with Crippen molar-refractivity contribution in [1.82, 2.24) is 0 Å². The number of halogens is 1. The van der Waals surface area contributed by atoms with Gasteiger partial charge in [-0.25, -0.2) is 0 Å². The van der Waals surface area contributed by atoms with Gasteiger partial charge in [-0.3, -0.25) is 4.79 Å². The molecule has 1 aliphatic carbocycles. The van der Waals surface area contributed by atoms with Crippen molar-refractivity contribution in [2.24, 2.45) is 5.41 Å². The minimum atomic E-state index is -0.228. The van der Waals surface area contributed by atoms with Crippen molar-refractivity contribution in [3.63, 3.8) is 0 Å². The van der Waals surface area contributed by atoms with E-state index in [0.717, 1.165) is 19.3 Å². The molecule has 2 atom stereocenters. The van der Waals surface area contributed by atoms with Crippen molar-refractivity contribution in [2.75, 3.05) is 6.61 Å². The van der Waals surface area contributed by atoms with Gasteiger partial charge in [0.15, 0.2) is 0 Å². The maximum atomic E-state index is 11.4. The van der Waals surface area contributed by atoms with Crippen LogP contribution in [0.5, 0.6) is 0 Å². The van der Waals surface area contributed by atoms with Crippen LogP contribution in [0.15, 0.2) is 0 Å². The van der Waals surface area contributed by atoms with E-state index in [9.17, 15) is 4.79 Å². The second kappa shape index (κ2) is 3.77. The molecule has 0 heterocycles. The number of hydrogen-bond acceptors (Lipinski definition) is 2. The Morgan fingerprint density at radius 3 is 2.75 bits per heavy atom. The lowest BCUT2D eigenvalue weighted by Gasteiger charge is -2.08. The van der Waals surface area contributed by atoms with Gasteiger partial charge >= 0.3 is 5.97 Å². The Bertz CT molecular complexity index is 181. The fourth-order valence-corrected chi connectivity index (χ4v) is 1.86. The van der Waals surface area contributed by atoms with Crippen molar-refractivity contribution in [3.8, 4) is 0 Å². The Hall–Kier alpha value is -0.0500. The van der Waals surface area contributed by atoms with Crippen molar-refractivity contribution in [2.45, 2.75) is 37.9 Å². The average Bonchev–Trinajstić information content (AvgIpc) is 2.62. The standard InChI is InChI=1S/C9H15BrO2/c1-3-4-5-12-8(11)9(2)6-7(9)10/h7H,3-6H2,1-2H3. The molecule has 3 heteroatoms. The van der Waals surface area contributed by atoms with Gasteiger partial charge in [0, 0.05) is 4.83 Å². The highest BCUT2D eigenvalue weighted by molar-refractivity contribution is 9.09. The van der Waals surface area contributed by atoms with Crippen LogP contribution < -0.4 is 0 Å². The van der Waals surface area contributed by atoms with Gasteiger partial charge in [-0.2, -0.15) is 0 Å². The first kappa shape index (κ1) is 10.0. The topological polar surface area (TPSA) is 26.3 Å². The van der Waals surface area contributed by atoms with Crippen molar-refractivity contribution in [1.29, 1.82) is 0 Å². The van der Waals surface area contributed by atoms with Crippen LogP contribution >= 0.6 is 15.9 Å². The number of ether oxygens (including phenoxy) is 1. The Balaban J connectivity index is 2.21. The summed E-state index contributed by atoms with van der Waals surface area (Å²) in [6.07, 6.45) is 2.95. The molecule has 0 aromatic rings. The minimum Gasteiger partial charge on any atom is -0.465 e. The molecule has 0 aromatic carbocycles. The van der Waals surface area contributed by atoms with Crippen LogP contribution in [0.25, 0.3) is 0 Å². The van der Waals surface area contributed by atoms with Gasteiger partial charge in [0.1, 0.15) is 0 Å². The minimum absolute atomic E-state index is 0.0437. The summed E-state index contributed by atoms with van der Waals surface area (Å²) >= 11 is 3.41. The Labute approximate surface area is 81.8 Å². The fourth-order valence-electron chi connectivity index (χ4n) is 0.999. The summed E-state index contributed by atoms with van der Waals surface area (Å²) in [7, 11) is 0. The highest BCUT2D eigenvalue weighted by Gasteiger charge is 2.56. The lowest BCUT2D eigenvalue weighted by Crippen LogP contribution is -2.18. The van der Waals surface area contributed by atoms with Crippen LogP contribution in [0.4, 0.5) is 0 Å². The molecular formula is C9H15BrO2. The van der Waals surface area contributed by atoms with Crippen molar-refractivity contribution >= 4 is 21.9 Å². The SMILES string of the molecule is CCCCOC(=O)C1(C)CC1Br. The van der Waals surface area contributed by atoms with Crippen LogP contribution in [0.1, 0.15) is 33.1 Å². The quantitative estimate of drug-likeness (QED) is 0.425. The number of carbonyl (C=O) groups is 1. The van der Waals surface area contributed by atoms with Gasteiger partial charge in [-0.1, -0.05) is 29.3 Å². The van der Waals surface area contributed by atoms with E-state index >= 15 is 0 Å². The largest absolute Gasteiger partial charge is 0.465 e. The Morgan fingerprint density at radius 2 is 2.33 bits per heavy atom. The first-order valence-corrected chi connectivity index (χ1v) is 5.34. The lowest BCUT2D eigenvalue weighted by molar-refractivity contribution is -0.149. The Morgan fingerprint density at radius 1 is 1.75 bits per heavy atom. The van der Waals surface area contributed by atoms with Gasteiger partial charge in [0.05, 0.1) is 12.0 Å². The summed E-state index contributed by atoms with van der Waals surface area (Å²) in [6.45, 7) is 4.60. The van der Waals surface area contributed by atoms with Gasteiger partial charge in [0.2, 0.25) is 0 Å². The number of esters is 1. The highest BCUT2D eigenvalue weighted by atomic mass is 79.9. The predicted octanol–water partition coefficient (Wildman–Crippen LogP) is 2.50. The molecule has 0 bridgehead atoms. The van der Waals surface area contributed by atoms with E-state index in [1.54, 1.807) is 0 Å². The zero-order valence-electron chi connectivity index (χ0n) is 7.60. The molecule has 0 aromatic heterocycles. The van der Waals surface area contributed by atoms with Crippen LogP contribution in [-0.4, -0.2) is 17.4 Å². The number of hydrogen-bond donors (Lipinski definition) is 0. The summed E-state index contributed by atoms with van der Waals surface area (Å²) in [5, 5.41) is 0. The first-order valence-electron chi connectivity index (χ1n) is 4.42. The summed E-state index contributed by atoms with van der Waals surface area (Å²) in [5.41, 5.74) is -0.228. The van der Waals surface area contributed by atoms with E-state index in [2.05, 4.69) is 22.9 Å². The fraction of sp³-hybridized carbons (Fsp3) is 0.889. The maximum Gasteiger partial charge on any atom is 0.312 e. The second-order valence-electron chi connectivity index (χ2n) is 3.58. The summed E-state index contributed by atoms with van der Waals surface area (Å²) in [5.74, 6) is -0.0437. The number of alkyl halides is 1. The number of carbonyl (C=O) groups excluding carboxylic acids is 1. The molecule has 70 valence electrons. The molecule has 1 fully saturated rings. The van der Waals surface area contributed by atoms with Crippen LogP contribution in [0.2, 0.25) is 0 Å². The molecule has 1 rings (SSSR count). The molecule has 0 N–H and O–H groups in total. The van der Waals surface area contributed by atoms with Crippen molar-refractivity contribution in [3.05, 3.63) is 0 Å². The molecule has 0 radical (unpaired) electrons. The average molecular weight is 235 g/mol. The summed E-state index contributed by atoms with van der Waals surface area (Å²) < 4.78 is 5.11. The van der Waals surface area contributed by atoms with Crippen molar-refractivity contribution < 1.29 is 9.53 Å². The smallest absolute Gasteiger partial charge is 0.312 e. The zero-order chi connectivity index (χ0) is 9.19. The highest BCUT2D eigenvalue weighted by Crippen LogP contribution is 2.51. The van der Waals surface area contributed by atoms with Gasteiger partial charge in [-0.05, 0) is 19.8 Å². The van der Waals surface area contributed by atoms with E-state index in [1.807, 2.05) is 6.92 Å². The van der Waals surface area contributed by atoms with Gasteiger partial charge in [0.25, 0.3) is 0 Å². The third kappa shape index (κ3) is 2.00. The molecule has 1 saturated carbocycles. The van der Waals surface area contributed by atoms with E-state index in [0.29, 0.717) is 11.4 Å². The molecular weight excluding hydrogens is 220 g/mol. The molecule has 2 unspecified atom stereocenters. The third-order valence-electron chi connectivity index (χ3n) is 2.33.